The van der Waals surface area contributed by atoms with Crippen LogP contribution < -0.4 is 5.63 Å². The summed E-state index contributed by atoms with van der Waals surface area (Å²) >= 11 is 0. The second kappa shape index (κ2) is 6.04. The SMILES string of the molecule is O=c1ccc2c(O)c(C3OC(CO)C(O)C(O)C3O)c(O)cc2o1. The Morgan fingerprint density at radius 2 is 1.75 bits per heavy atom. The molecule has 1 aliphatic rings. The molecule has 9 nitrogen and oxygen atoms in total. The summed E-state index contributed by atoms with van der Waals surface area (Å²) in [6.07, 6.45) is -7.52. The van der Waals surface area contributed by atoms with E-state index in [9.17, 15) is 35.4 Å². The van der Waals surface area contributed by atoms with Gasteiger partial charge in [-0.15, -0.1) is 0 Å². The number of hydrogen-bond acceptors (Lipinski definition) is 9. The van der Waals surface area contributed by atoms with Crippen molar-refractivity contribution in [3.8, 4) is 11.5 Å². The van der Waals surface area contributed by atoms with Crippen LogP contribution in [0.2, 0.25) is 0 Å². The molecule has 0 aliphatic carbocycles. The Morgan fingerprint density at radius 3 is 2.42 bits per heavy atom. The van der Waals surface area contributed by atoms with Crippen LogP contribution in [0.4, 0.5) is 0 Å². The molecular formula is C15H16O9. The fraction of sp³-hybridized carbons (Fsp3) is 0.400. The van der Waals surface area contributed by atoms with Crippen LogP contribution >= 0.6 is 0 Å². The summed E-state index contributed by atoms with van der Waals surface area (Å²) in [5.41, 5.74) is -1.01. The third-order valence-electron chi connectivity index (χ3n) is 4.09. The first-order valence-corrected chi connectivity index (χ1v) is 7.14. The maximum Gasteiger partial charge on any atom is 0.336 e. The molecule has 130 valence electrons. The maximum atomic E-state index is 11.2. The Kier molecular flexibility index (Phi) is 4.20. The predicted molar refractivity (Wildman–Crippen MR) is 78.5 cm³/mol. The fourth-order valence-electron chi connectivity index (χ4n) is 2.82. The summed E-state index contributed by atoms with van der Waals surface area (Å²) in [4.78, 5) is 11.2. The van der Waals surface area contributed by atoms with E-state index in [-0.39, 0.29) is 16.5 Å². The van der Waals surface area contributed by atoms with Gasteiger partial charge in [0.2, 0.25) is 0 Å². The van der Waals surface area contributed by atoms with Gasteiger partial charge >= 0.3 is 5.63 Å². The first-order valence-electron chi connectivity index (χ1n) is 7.14. The predicted octanol–water partition coefficient (Wildman–Crippen LogP) is -1.28. The van der Waals surface area contributed by atoms with Crippen LogP contribution in [0.1, 0.15) is 11.7 Å². The standard InChI is InChI=1S/C15H16O9/c16-4-8-12(20)13(21)14(22)15(24-8)10-6(17)3-7-5(11(10)19)1-2-9(18)23-7/h1-3,8,12-17,19-22H,4H2. The lowest BCUT2D eigenvalue weighted by atomic mass is 9.89. The zero-order chi connectivity index (χ0) is 17.6. The highest BCUT2D eigenvalue weighted by atomic mass is 16.5. The van der Waals surface area contributed by atoms with E-state index in [1.165, 1.54) is 6.07 Å². The van der Waals surface area contributed by atoms with Crippen molar-refractivity contribution >= 4 is 11.0 Å². The molecule has 1 aliphatic heterocycles. The highest BCUT2D eigenvalue weighted by molar-refractivity contribution is 5.86. The van der Waals surface area contributed by atoms with Gasteiger partial charge in [0.25, 0.3) is 0 Å². The van der Waals surface area contributed by atoms with Gasteiger partial charge in [0.15, 0.2) is 0 Å². The molecule has 0 bridgehead atoms. The molecule has 0 radical (unpaired) electrons. The molecule has 0 saturated carbocycles. The third kappa shape index (κ3) is 2.52. The summed E-state index contributed by atoms with van der Waals surface area (Å²) in [5, 5.41) is 59.6. The lowest BCUT2D eigenvalue weighted by Crippen LogP contribution is -2.55. The number of benzene rings is 1. The number of fused-ring (bicyclic) bond motifs is 1. The van der Waals surface area contributed by atoms with Crippen molar-refractivity contribution in [1.82, 2.24) is 0 Å². The molecule has 0 spiro atoms. The van der Waals surface area contributed by atoms with E-state index < -0.39 is 54.3 Å². The Labute approximate surface area is 134 Å². The summed E-state index contributed by atoms with van der Waals surface area (Å²) in [7, 11) is 0. The van der Waals surface area contributed by atoms with Gasteiger partial charge in [0.1, 0.15) is 47.6 Å². The number of ether oxygens (including phenoxy) is 1. The number of hydrogen-bond donors (Lipinski definition) is 6. The topological polar surface area (TPSA) is 161 Å². The van der Waals surface area contributed by atoms with Crippen molar-refractivity contribution in [2.75, 3.05) is 6.61 Å². The second-order valence-electron chi connectivity index (χ2n) is 5.57. The van der Waals surface area contributed by atoms with Crippen LogP contribution in [0.3, 0.4) is 0 Å². The Bertz CT molecular complexity index is 812. The van der Waals surface area contributed by atoms with E-state index in [1.54, 1.807) is 0 Å². The summed E-state index contributed by atoms with van der Waals surface area (Å²) in [6, 6.07) is 3.40. The zero-order valence-electron chi connectivity index (χ0n) is 12.2. The van der Waals surface area contributed by atoms with Crippen molar-refractivity contribution in [1.29, 1.82) is 0 Å². The van der Waals surface area contributed by atoms with Crippen molar-refractivity contribution in [2.24, 2.45) is 0 Å². The first kappa shape index (κ1) is 16.7. The van der Waals surface area contributed by atoms with Gasteiger partial charge in [-0.2, -0.15) is 0 Å². The normalized spacial score (nSPS) is 30.6. The third-order valence-corrected chi connectivity index (χ3v) is 4.09. The fourth-order valence-corrected chi connectivity index (χ4v) is 2.82. The van der Waals surface area contributed by atoms with Gasteiger partial charge in [0, 0.05) is 12.1 Å². The Hall–Kier alpha value is -2.17. The zero-order valence-corrected chi connectivity index (χ0v) is 12.2. The molecule has 1 aromatic carbocycles. The minimum atomic E-state index is -1.67. The summed E-state index contributed by atoms with van der Waals surface area (Å²) < 4.78 is 10.2. The van der Waals surface area contributed by atoms with Gasteiger partial charge in [-0.05, 0) is 6.07 Å². The van der Waals surface area contributed by atoms with E-state index in [2.05, 4.69) is 0 Å². The average molecular weight is 340 g/mol. The van der Waals surface area contributed by atoms with Crippen LogP contribution in [-0.4, -0.2) is 61.7 Å². The monoisotopic (exact) mass is 340 g/mol. The molecule has 1 saturated heterocycles. The van der Waals surface area contributed by atoms with E-state index in [1.807, 2.05) is 0 Å². The molecule has 9 heteroatoms. The lowest BCUT2D eigenvalue weighted by Gasteiger charge is -2.40. The smallest absolute Gasteiger partial charge is 0.336 e. The Morgan fingerprint density at radius 1 is 1.04 bits per heavy atom. The van der Waals surface area contributed by atoms with Crippen LogP contribution in [0.5, 0.6) is 11.5 Å². The molecule has 1 aromatic heterocycles. The Balaban J connectivity index is 2.14. The van der Waals surface area contributed by atoms with Gasteiger partial charge < -0.3 is 39.8 Å². The number of phenols is 2. The maximum absolute atomic E-state index is 11.2. The van der Waals surface area contributed by atoms with Crippen molar-refractivity contribution in [3.63, 3.8) is 0 Å². The highest BCUT2D eigenvalue weighted by Crippen LogP contribution is 2.44. The van der Waals surface area contributed by atoms with Crippen LogP contribution in [0, 0.1) is 0 Å². The van der Waals surface area contributed by atoms with E-state index in [4.69, 9.17) is 9.15 Å². The molecule has 6 N–H and O–H groups in total. The van der Waals surface area contributed by atoms with Gasteiger partial charge in [-0.25, -0.2) is 4.79 Å². The number of aliphatic hydroxyl groups excluding tert-OH is 4. The quantitative estimate of drug-likeness (QED) is 0.366. The molecule has 24 heavy (non-hydrogen) atoms. The molecule has 2 aromatic rings. The summed E-state index contributed by atoms with van der Waals surface area (Å²) in [5.74, 6) is -1.06. The van der Waals surface area contributed by atoms with Crippen LogP contribution in [-0.2, 0) is 4.74 Å². The minimum Gasteiger partial charge on any atom is -0.507 e. The number of aromatic hydroxyl groups is 2. The molecular weight excluding hydrogens is 324 g/mol. The highest BCUT2D eigenvalue weighted by Gasteiger charge is 2.45. The van der Waals surface area contributed by atoms with E-state index >= 15 is 0 Å². The van der Waals surface area contributed by atoms with Crippen molar-refractivity contribution in [2.45, 2.75) is 30.5 Å². The molecule has 5 atom stereocenters. The molecule has 5 unspecified atom stereocenters. The molecule has 3 rings (SSSR count). The van der Waals surface area contributed by atoms with Crippen molar-refractivity contribution < 1.29 is 39.8 Å². The van der Waals surface area contributed by atoms with E-state index in [0.717, 1.165) is 12.1 Å². The number of phenolic OH excluding ortho intramolecular Hbond substituents is 2. The van der Waals surface area contributed by atoms with Crippen LogP contribution in [0.25, 0.3) is 11.0 Å². The number of rotatable bonds is 2. The number of aliphatic hydroxyl groups is 4. The second-order valence-corrected chi connectivity index (χ2v) is 5.57. The average Bonchev–Trinajstić information content (AvgIpc) is 2.54. The van der Waals surface area contributed by atoms with Gasteiger partial charge in [-0.1, -0.05) is 0 Å². The van der Waals surface area contributed by atoms with Gasteiger partial charge in [0.05, 0.1) is 17.6 Å². The van der Waals surface area contributed by atoms with Gasteiger partial charge in [-0.3, -0.25) is 0 Å². The summed E-state index contributed by atoms with van der Waals surface area (Å²) in [6.45, 7) is -0.647. The lowest BCUT2D eigenvalue weighted by molar-refractivity contribution is -0.232. The van der Waals surface area contributed by atoms with E-state index in [0.29, 0.717) is 0 Å². The molecule has 2 heterocycles. The first-order chi connectivity index (χ1) is 11.3. The molecule has 0 amide bonds. The van der Waals surface area contributed by atoms with Crippen LogP contribution in [0.15, 0.2) is 27.4 Å². The molecule has 1 fully saturated rings. The largest absolute Gasteiger partial charge is 0.507 e. The van der Waals surface area contributed by atoms with Crippen molar-refractivity contribution in [3.05, 3.63) is 34.2 Å². The minimum absolute atomic E-state index is 0.0779.